The monoisotopic (exact) mass is 508 g/mol. The Kier molecular flexibility index (Phi) is 7.76. The smallest absolute Gasteiger partial charge is 0.406 e. The molecule has 0 bridgehead atoms. The lowest BCUT2D eigenvalue weighted by Crippen LogP contribution is -2.25. The van der Waals surface area contributed by atoms with E-state index >= 15 is 0 Å². The second-order valence-corrected chi connectivity index (χ2v) is 8.96. The van der Waals surface area contributed by atoms with Crippen molar-refractivity contribution in [2.24, 2.45) is 0 Å². The summed E-state index contributed by atoms with van der Waals surface area (Å²) in [6.07, 6.45) is -0.514. The Morgan fingerprint density at radius 1 is 1.09 bits per heavy atom. The van der Waals surface area contributed by atoms with Crippen LogP contribution in [0.4, 0.5) is 23.4 Å². The number of halogens is 3. The van der Waals surface area contributed by atoms with Gasteiger partial charge in [0.15, 0.2) is 6.10 Å². The third-order valence-electron chi connectivity index (χ3n) is 5.59. The number of ether oxygens (including phenoxy) is 2. The van der Waals surface area contributed by atoms with Gasteiger partial charge in [-0.25, -0.2) is 0 Å². The summed E-state index contributed by atoms with van der Waals surface area (Å²) >= 11 is 1.17. The van der Waals surface area contributed by atoms with E-state index in [-0.39, 0.29) is 16.7 Å². The van der Waals surface area contributed by atoms with Gasteiger partial charge >= 0.3 is 6.36 Å². The molecule has 0 unspecified atom stereocenters. The molecule has 13 heteroatoms. The van der Waals surface area contributed by atoms with E-state index in [2.05, 4.69) is 35.8 Å². The highest BCUT2D eigenvalue weighted by atomic mass is 32.1. The van der Waals surface area contributed by atoms with Gasteiger partial charge in [-0.1, -0.05) is 23.5 Å². The Labute approximate surface area is 203 Å². The number of nitrogens with one attached hydrogen (secondary N) is 2. The Hall–Kier alpha value is -3.32. The number of methoxy groups -OCH3 is 1. The van der Waals surface area contributed by atoms with Gasteiger partial charge in [-0.3, -0.25) is 10.1 Å². The first-order valence-corrected chi connectivity index (χ1v) is 11.7. The van der Waals surface area contributed by atoms with Gasteiger partial charge in [0.1, 0.15) is 5.75 Å². The van der Waals surface area contributed by atoms with Crippen molar-refractivity contribution in [1.29, 1.82) is 0 Å². The van der Waals surface area contributed by atoms with Crippen LogP contribution < -0.4 is 15.4 Å². The molecule has 0 radical (unpaired) electrons. The van der Waals surface area contributed by atoms with Crippen molar-refractivity contribution in [3.05, 3.63) is 53.9 Å². The molecule has 186 valence electrons. The maximum absolute atomic E-state index is 12.7. The molecule has 2 aromatic heterocycles. The van der Waals surface area contributed by atoms with Gasteiger partial charge in [0, 0.05) is 25.3 Å². The molecule has 3 aromatic rings. The summed E-state index contributed by atoms with van der Waals surface area (Å²) in [4.78, 5) is 12.7. The number of nitrogens with zero attached hydrogens (tertiary/aromatic N) is 4. The number of carbonyl (C=O) groups is 1. The Bertz CT molecular complexity index is 1120. The lowest BCUT2D eigenvalue weighted by molar-refractivity contribution is -0.274. The number of carbonyl (C=O) groups excluding carboxylic acids is 1. The summed E-state index contributed by atoms with van der Waals surface area (Å²) in [5.74, 6) is -0.651. The standard InChI is InChI=1S/C22H23F3N6O3S/c1-33-18(14-4-2-5-16(12-14)34-22(23,24)25)19(32)28-21-31-30-20(35-21)27-15-9-7-13(8-10-15)17-6-3-11-26-29-17/h2-6,11-13,15,18H,7-10H2,1H3,(H,27,30)(H,28,31,32)/t13-,15+,18-/m0/s1. The summed E-state index contributed by atoms with van der Waals surface area (Å²) < 4.78 is 46.7. The van der Waals surface area contributed by atoms with Gasteiger partial charge in [-0.05, 0) is 55.5 Å². The van der Waals surface area contributed by atoms with Crippen molar-refractivity contribution in [2.75, 3.05) is 17.7 Å². The van der Waals surface area contributed by atoms with E-state index in [4.69, 9.17) is 4.74 Å². The Balaban J connectivity index is 1.32. The van der Waals surface area contributed by atoms with Crippen LogP contribution in [-0.4, -0.2) is 45.8 Å². The second-order valence-electron chi connectivity index (χ2n) is 7.98. The van der Waals surface area contributed by atoms with E-state index in [0.29, 0.717) is 11.0 Å². The van der Waals surface area contributed by atoms with Gasteiger partial charge < -0.3 is 14.8 Å². The molecule has 35 heavy (non-hydrogen) atoms. The lowest BCUT2D eigenvalue weighted by Gasteiger charge is -2.28. The average Bonchev–Trinajstić information content (AvgIpc) is 3.26. The zero-order valence-corrected chi connectivity index (χ0v) is 19.5. The number of benzene rings is 1. The summed E-state index contributed by atoms with van der Waals surface area (Å²) in [6.45, 7) is 0. The SMILES string of the molecule is CO[C@H](C(=O)Nc1nnc(N[C@H]2CC[C@@H](c3cccnn3)CC2)s1)c1cccc(OC(F)(F)F)c1. The van der Waals surface area contributed by atoms with Crippen LogP contribution in [0.15, 0.2) is 42.6 Å². The first kappa shape index (κ1) is 24.8. The first-order chi connectivity index (χ1) is 16.8. The van der Waals surface area contributed by atoms with Crippen LogP contribution >= 0.6 is 11.3 Å². The van der Waals surface area contributed by atoms with Crippen LogP contribution in [0.3, 0.4) is 0 Å². The molecule has 2 heterocycles. The average molecular weight is 509 g/mol. The fourth-order valence-corrected chi connectivity index (χ4v) is 4.74. The molecule has 1 saturated carbocycles. The van der Waals surface area contributed by atoms with Crippen LogP contribution in [0, 0.1) is 0 Å². The molecule has 1 aliphatic rings. The van der Waals surface area contributed by atoms with Crippen molar-refractivity contribution in [2.45, 2.75) is 50.1 Å². The molecule has 1 amide bonds. The molecule has 4 rings (SSSR count). The minimum atomic E-state index is -4.84. The van der Waals surface area contributed by atoms with E-state index in [9.17, 15) is 18.0 Å². The van der Waals surface area contributed by atoms with Crippen LogP contribution in [0.5, 0.6) is 5.75 Å². The largest absolute Gasteiger partial charge is 0.573 e. The van der Waals surface area contributed by atoms with Crippen LogP contribution in [0.2, 0.25) is 0 Å². The minimum Gasteiger partial charge on any atom is -0.406 e. The molecule has 1 aliphatic carbocycles. The Morgan fingerprint density at radius 2 is 1.86 bits per heavy atom. The summed E-state index contributed by atoms with van der Waals surface area (Å²) in [7, 11) is 1.28. The predicted molar refractivity (Wildman–Crippen MR) is 122 cm³/mol. The maximum atomic E-state index is 12.7. The molecule has 0 spiro atoms. The number of aromatic nitrogens is 4. The summed E-state index contributed by atoms with van der Waals surface area (Å²) in [5.41, 5.74) is 1.21. The minimum absolute atomic E-state index is 0.203. The molecule has 2 N–H and O–H groups in total. The molecule has 1 aromatic carbocycles. The number of alkyl halides is 3. The second kappa shape index (κ2) is 11.0. The predicted octanol–water partition coefficient (Wildman–Crippen LogP) is 4.69. The number of amides is 1. The molecule has 1 atom stereocenters. The molecule has 0 saturated heterocycles. The van der Waals surface area contributed by atoms with Gasteiger partial charge in [-0.15, -0.1) is 23.4 Å². The normalized spacial score (nSPS) is 19.1. The van der Waals surface area contributed by atoms with Gasteiger partial charge in [0.2, 0.25) is 10.3 Å². The fraction of sp³-hybridized carbons (Fsp3) is 0.409. The van der Waals surface area contributed by atoms with Crippen molar-refractivity contribution < 1.29 is 27.4 Å². The summed E-state index contributed by atoms with van der Waals surface area (Å²) in [5, 5.41) is 23.0. The quantitative estimate of drug-likeness (QED) is 0.451. The number of rotatable bonds is 8. The lowest BCUT2D eigenvalue weighted by atomic mass is 9.84. The molecular weight excluding hydrogens is 485 g/mol. The van der Waals surface area contributed by atoms with E-state index in [1.54, 1.807) is 6.20 Å². The van der Waals surface area contributed by atoms with Crippen LogP contribution in [0.1, 0.15) is 49.0 Å². The molecular formula is C22H23F3N6O3S. The Morgan fingerprint density at radius 3 is 2.54 bits per heavy atom. The topological polar surface area (TPSA) is 111 Å². The van der Waals surface area contributed by atoms with Gasteiger partial charge in [-0.2, -0.15) is 10.2 Å². The first-order valence-electron chi connectivity index (χ1n) is 10.9. The molecule has 9 nitrogen and oxygen atoms in total. The van der Waals surface area contributed by atoms with Crippen molar-refractivity contribution >= 4 is 27.5 Å². The molecule has 1 fully saturated rings. The van der Waals surface area contributed by atoms with Crippen LogP contribution in [0.25, 0.3) is 0 Å². The van der Waals surface area contributed by atoms with Crippen molar-refractivity contribution in [1.82, 2.24) is 20.4 Å². The van der Waals surface area contributed by atoms with E-state index < -0.39 is 24.1 Å². The van der Waals surface area contributed by atoms with Crippen molar-refractivity contribution in [3.8, 4) is 5.75 Å². The van der Waals surface area contributed by atoms with E-state index in [0.717, 1.165) is 43.5 Å². The third kappa shape index (κ3) is 6.85. The number of anilines is 2. The van der Waals surface area contributed by atoms with Crippen LogP contribution in [-0.2, 0) is 9.53 Å². The third-order valence-corrected chi connectivity index (χ3v) is 6.36. The number of hydrogen-bond donors (Lipinski definition) is 2. The fourth-order valence-electron chi connectivity index (χ4n) is 4.01. The molecule has 0 aliphatic heterocycles. The zero-order valence-electron chi connectivity index (χ0n) is 18.7. The highest BCUT2D eigenvalue weighted by Crippen LogP contribution is 2.34. The highest BCUT2D eigenvalue weighted by Gasteiger charge is 2.32. The zero-order chi connectivity index (χ0) is 24.8. The maximum Gasteiger partial charge on any atom is 0.573 e. The highest BCUT2D eigenvalue weighted by molar-refractivity contribution is 7.19. The van der Waals surface area contributed by atoms with E-state index in [1.165, 1.54) is 30.6 Å². The van der Waals surface area contributed by atoms with E-state index in [1.807, 2.05) is 12.1 Å². The summed E-state index contributed by atoms with van der Waals surface area (Å²) in [6, 6.07) is 9.19. The van der Waals surface area contributed by atoms with Gasteiger partial charge in [0.05, 0.1) is 5.69 Å². The van der Waals surface area contributed by atoms with Gasteiger partial charge in [0.25, 0.3) is 5.91 Å². The van der Waals surface area contributed by atoms with Crippen molar-refractivity contribution in [3.63, 3.8) is 0 Å². The number of hydrogen-bond acceptors (Lipinski definition) is 9.